The fourth-order valence-corrected chi connectivity index (χ4v) is 3.06. The van der Waals surface area contributed by atoms with Gasteiger partial charge in [0, 0.05) is 12.7 Å². The highest BCUT2D eigenvalue weighted by Gasteiger charge is 2.30. The lowest BCUT2D eigenvalue weighted by Gasteiger charge is -2.35. The number of rotatable bonds is 3. The van der Waals surface area contributed by atoms with Crippen LogP contribution in [-0.2, 0) is 6.42 Å². The number of hydrogen-bond acceptors (Lipinski definition) is 4. The van der Waals surface area contributed by atoms with Gasteiger partial charge in [0.25, 0.3) is 5.91 Å². The molecule has 1 aliphatic rings. The van der Waals surface area contributed by atoms with Gasteiger partial charge in [-0.05, 0) is 48.7 Å². The average Bonchev–Trinajstić information content (AvgIpc) is 2.61. The highest BCUT2D eigenvalue weighted by Crippen LogP contribution is 2.38. The lowest BCUT2D eigenvalue weighted by atomic mass is 9.92. The Hall–Kier alpha value is -2.56. The number of benzene rings is 1. The number of fused-ring (bicyclic) bond motifs is 1. The maximum Gasteiger partial charge on any atom is 0.272 e. The first-order valence-corrected chi connectivity index (χ1v) is 7.62. The Morgan fingerprint density at radius 3 is 2.61 bits per heavy atom. The van der Waals surface area contributed by atoms with Crippen molar-refractivity contribution in [1.82, 2.24) is 9.88 Å². The first-order chi connectivity index (χ1) is 11.2. The van der Waals surface area contributed by atoms with E-state index in [-0.39, 0.29) is 11.9 Å². The summed E-state index contributed by atoms with van der Waals surface area (Å²) in [5.41, 5.74) is 2.77. The average molecular weight is 312 g/mol. The van der Waals surface area contributed by atoms with E-state index in [4.69, 9.17) is 9.47 Å². The van der Waals surface area contributed by atoms with Crippen molar-refractivity contribution in [3.8, 4) is 11.5 Å². The Balaban J connectivity index is 1.94. The van der Waals surface area contributed by atoms with Gasteiger partial charge in [0.1, 0.15) is 5.69 Å². The van der Waals surface area contributed by atoms with Gasteiger partial charge < -0.3 is 14.4 Å². The summed E-state index contributed by atoms with van der Waals surface area (Å²) in [6.07, 6.45) is 2.43. The molecule has 0 saturated heterocycles. The molecule has 0 bridgehead atoms. The summed E-state index contributed by atoms with van der Waals surface area (Å²) in [5, 5.41) is 0. The molecular formula is C18H20N2O3. The summed E-state index contributed by atoms with van der Waals surface area (Å²) in [4.78, 5) is 18.7. The second-order valence-corrected chi connectivity index (χ2v) is 5.55. The van der Waals surface area contributed by atoms with Crippen molar-refractivity contribution in [2.75, 3.05) is 20.8 Å². The van der Waals surface area contributed by atoms with E-state index in [1.165, 1.54) is 5.56 Å². The summed E-state index contributed by atoms with van der Waals surface area (Å²) in [7, 11) is 3.25. The Bertz CT molecular complexity index is 716. The molecule has 23 heavy (non-hydrogen) atoms. The molecule has 0 N–H and O–H groups in total. The van der Waals surface area contributed by atoms with Gasteiger partial charge in [0.15, 0.2) is 11.5 Å². The van der Waals surface area contributed by atoms with E-state index in [0.717, 1.165) is 17.7 Å². The van der Waals surface area contributed by atoms with Crippen LogP contribution >= 0.6 is 0 Å². The molecular weight excluding hydrogens is 292 g/mol. The minimum Gasteiger partial charge on any atom is -0.493 e. The van der Waals surface area contributed by atoms with Gasteiger partial charge in [0.05, 0.1) is 20.3 Å². The molecule has 0 unspecified atom stereocenters. The van der Waals surface area contributed by atoms with Gasteiger partial charge >= 0.3 is 0 Å². The smallest absolute Gasteiger partial charge is 0.272 e. The number of methoxy groups -OCH3 is 2. The summed E-state index contributed by atoms with van der Waals surface area (Å²) in [5.74, 6) is 1.37. The Labute approximate surface area is 135 Å². The number of carbonyl (C=O) groups is 1. The first-order valence-electron chi connectivity index (χ1n) is 7.62. The third-order valence-corrected chi connectivity index (χ3v) is 4.33. The van der Waals surface area contributed by atoms with Crippen LogP contribution in [0.25, 0.3) is 0 Å². The number of carbonyl (C=O) groups excluding carboxylic acids is 1. The second-order valence-electron chi connectivity index (χ2n) is 5.55. The van der Waals surface area contributed by atoms with E-state index in [1.807, 2.05) is 36.1 Å². The van der Waals surface area contributed by atoms with Crippen molar-refractivity contribution in [1.29, 1.82) is 0 Å². The van der Waals surface area contributed by atoms with Gasteiger partial charge in [-0.25, -0.2) is 0 Å². The van der Waals surface area contributed by atoms with Crippen LogP contribution in [0.1, 0.15) is 34.6 Å². The molecule has 5 nitrogen and oxygen atoms in total. The van der Waals surface area contributed by atoms with Crippen molar-refractivity contribution in [3.05, 3.63) is 53.3 Å². The third-order valence-electron chi connectivity index (χ3n) is 4.33. The zero-order valence-corrected chi connectivity index (χ0v) is 13.6. The lowest BCUT2D eigenvalue weighted by Crippen LogP contribution is -2.39. The van der Waals surface area contributed by atoms with Crippen molar-refractivity contribution in [2.45, 2.75) is 19.4 Å². The van der Waals surface area contributed by atoms with Gasteiger partial charge in [-0.1, -0.05) is 6.07 Å². The van der Waals surface area contributed by atoms with Crippen molar-refractivity contribution >= 4 is 5.91 Å². The van der Waals surface area contributed by atoms with E-state index < -0.39 is 0 Å². The molecule has 1 amide bonds. The minimum atomic E-state index is -0.0430. The number of nitrogens with zero attached hydrogens (tertiary/aromatic N) is 2. The zero-order chi connectivity index (χ0) is 16.4. The predicted molar refractivity (Wildman–Crippen MR) is 86.9 cm³/mol. The van der Waals surface area contributed by atoms with Gasteiger partial charge in [-0.2, -0.15) is 0 Å². The molecule has 0 saturated carbocycles. The molecule has 0 spiro atoms. The number of pyridine rings is 1. The predicted octanol–water partition coefficient (Wildman–Crippen LogP) is 2.86. The van der Waals surface area contributed by atoms with E-state index >= 15 is 0 Å². The molecule has 2 aromatic rings. The number of hydrogen-bond donors (Lipinski definition) is 0. The zero-order valence-electron chi connectivity index (χ0n) is 13.6. The number of aromatic nitrogens is 1. The molecule has 0 radical (unpaired) electrons. The molecule has 0 fully saturated rings. The topological polar surface area (TPSA) is 51.7 Å². The van der Waals surface area contributed by atoms with Crippen molar-refractivity contribution in [3.63, 3.8) is 0 Å². The molecule has 5 heteroatoms. The molecule has 1 aromatic heterocycles. The van der Waals surface area contributed by atoms with Crippen LogP contribution < -0.4 is 9.47 Å². The van der Waals surface area contributed by atoms with Gasteiger partial charge in [-0.15, -0.1) is 0 Å². The summed E-state index contributed by atoms with van der Waals surface area (Å²) in [6, 6.07) is 9.33. The maximum atomic E-state index is 12.7. The molecule has 2 heterocycles. The summed E-state index contributed by atoms with van der Waals surface area (Å²) >= 11 is 0. The Morgan fingerprint density at radius 2 is 1.96 bits per heavy atom. The van der Waals surface area contributed by atoms with Crippen LogP contribution in [0.15, 0.2) is 36.5 Å². The maximum absolute atomic E-state index is 12.7. The number of ether oxygens (including phenoxy) is 2. The lowest BCUT2D eigenvalue weighted by molar-refractivity contribution is 0.0671. The van der Waals surface area contributed by atoms with Crippen LogP contribution in [0.5, 0.6) is 11.5 Å². The van der Waals surface area contributed by atoms with Gasteiger partial charge in [-0.3, -0.25) is 9.78 Å². The van der Waals surface area contributed by atoms with E-state index in [2.05, 4.69) is 4.98 Å². The first kappa shape index (κ1) is 15.3. The molecule has 1 aliphatic heterocycles. The highest BCUT2D eigenvalue weighted by atomic mass is 16.5. The normalized spacial score (nSPS) is 16.7. The fraction of sp³-hybridized carbons (Fsp3) is 0.333. The Morgan fingerprint density at radius 1 is 1.22 bits per heavy atom. The largest absolute Gasteiger partial charge is 0.493 e. The van der Waals surface area contributed by atoms with Crippen LogP contribution in [-0.4, -0.2) is 36.6 Å². The van der Waals surface area contributed by atoms with Crippen LogP contribution in [0.2, 0.25) is 0 Å². The molecule has 3 rings (SSSR count). The molecule has 1 atom stereocenters. The monoisotopic (exact) mass is 312 g/mol. The highest BCUT2D eigenvalue weighted by molar-refractivity contribution is 5.92. The van der Waals surface area contributed by atoms with Crippen molar-refractivity contribution in [2.24, 2.45) is 0 Å². The minimum absolute atomic E-state index is 0.0342. The van der Waals surface area contributed by atoms with Gasteiger partial charge in [0.2, 0.25) is 0 Å². The fourth-order valence-electron chi connectivity index (χ4n) is 3.06. The van der Waals surface area contributed by atoms with E-state index in [0.29, 0.717) is 18.0 Å². The Kier molecular flexibility index (Phi) is 4.19. The number of amides is 1. The standard InChI is InChI=1S/C18H20N2O3/c1-12-14-11-17(23-3)16(22-2)10-13(14)7-9-20(12)18(21)15-6-4-5-8-19-15/h4-6,8,10-12H,7,9H2,1-3H3/t12-/m0/s1. The van der Waals surface area contributed by atoms with E-state index in [9.17, 15) is 4.79 Å². The third kappa shape index (κ3) is 2.74. The van der Waals surface area contributed by atoms with Crippen LogP contribution in [0.4, 0.5) is 0 Å². The van der Waals surface area contributed by atoms with Crippen LogP contribution in [0.3, 0.4) is 0 Å². The molecule has 1 aromatic carbocycles. The summed E-state index contributed by atoms with van der Waals surface area (Å²) in [6.45, 7) is 2.70. The summed E-state index contributed by atoms with van der Waals surface area (Å²) < 4.78 is 10.8. The SMILES string of the molecule is COc1cc2c(cc1OC)[C@H](C)N(C(=O)c1ccccn1)CC2. The van der Waals surface area contributed by atoms with Crippen LogP contribution in [0, 0.1) is 0 Å². The second kappa shape index (κ2) is 6.28. The quantitative estimate of drug-likeness (QED) is 0.874. The molecule has 120 valence electrons. The van der Waals surface area contributed by atoms with E-state index in [1.54, 1.807) is 26.5 Å². The molecule has 0 aliphatic carbocycles. The van der Waals surface area contributed by atoms with Crippen molar-refractivity contribution < 1.29 is 14.3 Å².